The molecule has 3 aromatic rings. The molecule has 0 spiro atoms. The van der Waals surface area contributed by atoms with Gasteiger partial charge in [0.1, 0.15) is 0 Å². The van der Waals surface area contributed by atoms with Crippen LogP contribution in [0.3, 0.4) is 0 Å². The number of nitrogens with one attached hydrogen (secondary N) is 2. The number of hydrogen-bond acceptors (Lipinski definition) is 6. The third-order valence-corrected chi connectivity index (χ3v) is 3.67. The minimum Gasteiger partial charge on any atom is -0.490 e. The first-order chi connectivity index (χ1) is 12.7. The Kier molecular flexibility index (Phi) is 5.62. The van der Waals surface area contributed by atoms with Crippen molar-refractivity contribution in [2.45, 2.75) is 26.7 Å². The van der Waals surface area contributed by atoms with E-state index in [2.05, 4.69) is 32.5 Å². The number of H-pyrrole nitrogens is 2. The van der Waals surface area contributed by atoms with Crippen LogP contribution in [0.1, 0.15) is 26.7 Å². The lowest BCUT2D eigenvalue weighted by atomic mass is 10.1. The number of ether oxygens (including phenoxy) is 2. The summed E-state index contributed by atoms with van der Waals surface area (Å²) in [5, 5.41) is 13.5. The van der Waals surface area contributed by atoms with Gasteiger partial charge in [-0.25, -0.2) is 0 Å². The third-order valence-electron chi connectivity index (χ3n) is 3.67. The van der Waals surface area contributed by atoms with E-state index in [9.17, 15) is 4.79 Å². The summed E-state index contributed by atoms with van der Waals surface area (Å²) in [6.45, 7) is 5.32. The van der Waals surface area contributed by atoms with Gasteiger partial charge in [0.15, 0.2) is 11.5 Å². The molecule has 2 aromatic heterocycles. The van der Waals surface area contributed by atoms with E-state index in [-0.39, 0.29) is 11.4 Å². The van der Waals surface area contributed by atoms with E-state index in [0.717, 1.165) is 18.4 Å². The van der Waals surface area contributed by atoms with E-state index in [4.69, 9.17) is 9.47 Å². The van der Waals surface area contributed by atoms with Crippen molar-refractivity contribution in [2.75, 3.05) is 13.2 Å². The van der Waals surface area contributed by atoms with Crippen LogP contribution in [0.2, 0.25) is 0 Å². The molecule has 0 bridgehead atoms. The average molecular weight is 355 g/mol. The largest absolute Gasteiger partial charge is 0.490 e. The lowest BCUT2D eigenvalue weighted by Crippen LogP contribution is -2.10. The van der Waals surface area contributed by atoms with Crippen LogP contribution in [-0.2, 0) is 0 Å². The van der Waals surface area contributed by atoms with E-state index in [1.807, 2.05) is 25.1 Å². The maximum Gasteiger partial charge on any atom is 0.259 e. The zero-order valence-corrected chi connectivity index (χ0v) is 14.8. The molecular formula is C18H21N5O3. The van der Waals surface area contributed by atoms with Crippen molar-refractivity contribution in [3.63, 3.8) is 0 Å². The Morgan fingerprint density at radius 3 is 2.42 bits per heavy atom. The summed E-state index contributed by atoms with van der Waals surface area (Å²) >= 11 is 0. The molecule has 0 aliphatic carbocycles. The van der Waals surface area contributed by atoms with Gasteiger partial charge in [0.2, 0.25) is 5.82 Å². The smallest absolute Gasteiger partial charge is 0.259 e. The highest BCUT2D eigenvalue weighted by molar-refractivity contribution is 5.66. The van der Waals surface area contributed by atoms with Gasteiger partial charge >= 0.3 is 0 Å². The van der Waals surface area contributed by atoms with Gasteiger partial charge in [-0.05, 0) is 48.4 Å². The van der Waals surface area contributed by atoms with Crippen LogP contribution in [0.4, 0.5) is 0 Å². The SMILES string of the molecule is CCCOc1ccc(-c2ccc(-c3nn[nH]n3)c(=O)[nH]2)cc1OCCC. The molecule has 8 heteroatoms. The van der Waals surface area contributed by atoms with Gasteiger partial charge < -0.3 is 14.5 Å². The van der Waals surface area contributed by atoms with E-state index in [1.54, 1.807) is 12.1 Å². The van der Waals surface area contributed by atoms with Crippen LogP contribution >= 0.6 is 0 Å². The molecule has 26 heavy (non-hydrogen) atoms. The van der Waals surface area contributed by atoms with E-state index in [0.29, 0.717) is 36.0 Å². The molecule has 0 aliphatic heterocycles. The highest BCUT2D eigenvalue weighted by atomic mass is 16.5. The fourth-order valence-corrected chi connectivity index (χ4v) is 2.43. The average Bonchev–Trinajstić information content (AvgIpc) is 3.19. The first kappa shape index (κ1) is 17.7. The minimum absolute atomic E-state index is 0.257. The number of pyridine rings is 1. The number of aromatic amines is 2. The van der Waals surface area contributed by atoms with Crippen LogP contribution < -0.4 is 15.0 Å². The van der Waals surface area contributed by atoms with Gasteiger partial charge in [-0.15, -0.1) is 10.2 Å². The summed E-state index contributed by atoms with van der Waals surface area (Å²) in [4.78, 5) is 15.2. The van der Waals surface area contributed by atoms with E-state index < -0.39 is 0 Å². The molecular weight excluding hydrogens is 334 g/mol. The second-order valence-corrected chi connectivity index (χ2v) is 5.71. The summed E-state index contributed by atoms with van der Waals surface area (Å²) in [5.74, 6) is 1.63. The number of aromatic nitrogens is 5. The molecule has 0 radical (unpaired) electrons. The summed E-state index contributed by atoms with van der Waals surface area (Å²) in [7, 11) is 0. The third kappa shape index (κ3) is 3.90. The molecule has 0 unspecified atom stereocenters. The molecule has 0 saturated carbocycles. The normalized spacial score (nSPS) is 10.7. The highest BCUT2D eigenvalue weighted by Crippen LogP contribution is 2.32. The van der Waals surface area contributed by atoms with Gasteiger partial charge in [0.25, 0.3) is 5.56 Å². The molecule has 8 nitrogen and oxygen atoms in total. The Bertz CT molecular complexity index is 905. The predicted octanol–water partition coefficient (Wildman–Crippen LogP) is 2.80. The van der Waals surface area contributed by atoms with Crippen molar-refractivity contribution < 1.29 is 9.47 Å². The predicted molar refractivity (Wildman–Crippen MR) is 97.2 cm³/mol. The number of nitrogens with zero attached hydrogens (tertiary/aromatic N) is 3. The second-order valence-electron chi connectivity index (χ2n) is 5.71. The molecule has 0 atom stereocenters. The molecule has 136 valence electrons. The Hall–Kier alpha value is -3.16. The summed E-state index contributed by atoms with van der Waals surface area (Å²) in [6.07, 6.45) is 1.81. The Morgan fingerprint density at radius 1 is 1.00 bits per heavy atom. The van der Waals surface area contributed by atoms with Crippen molar-refractivity contribution in [3.8, 4) is 34.1 Å². The summed E-state index contributed by atoms with van der Waals surface area (Å²) < 4.78 is 11.6. The summed E-state index contributed by atoms with van der Waals surface area (Å²) in [5.41, 5.74) is 1.57. The molecule has 0 aliphatic rings. The highest BCUT2D eigenvalue weighted by Gasteiger charge is 2.12. The number of rotatable bonds is 8. The van der Waals surface area contributed by atoms with Crippen LogP contribution in [-0.4, -0.2) is 38.8 Å². The standard InChI is InChI=1S/C18H21N5O3/c1-3-9-25-15-8-5-12(11-16(15)26-10-4-2)14-7-6-13(18(24)19-14)17-20-22-23-21-17/h5-8,11H,3-4,9-10H2,1-2H3,(H,19,24)(H,20,21,22,23). The molecule has 0 fully saturated rings. The zero-order chi connectivity index (χ0) is 18.4. The molecule has 2 N–H and O–H groups in total. The van der Waals surface area contributed by atoms with Crippen molar-refractivity contribution in [2.24, 2.45) is 0 Å². The Labute approximate surface area is 150 Å². The number of tetrazole rings is 1. The first-order valence-electron chi connectivity index (χ1n) is 8.60. The van der Waals surface area contributed by atoms with Crippen molar-refractivity contribution >= 4 is 0 Å². The second kappa shape index (κ2) is 8.28. The minimum atomic E-state index is -0.286. The lowest BCUT2D eigenvalue weighted by Gasteiger charge is -2.13. The first-order valence-corrected chi connectivity index (χ1v) is 8.60. The van der Waals surface area contributed by atoms with Crippen molar-refractivity contribution in [1.82, 2.24) is 25.6 Å². The fourth-order valence-electron chi connectivity index (χ4n) is 2.43. The monoisotopic (exact) mass is 355 g/mol. The molecule has 3 rings (SSSR count). The van der Waals surface area contributed by atoms with Crippen LogP contribution in [0, 0.1) is 0 Å². The zero-order valence-electron chi connectivity index (χ0n) is 14.8. The molecule has 1 aromatic carbocycles. The van der Waals surface area contributed by atoms with E-state index >= 15 is 0 Å². The topological polar surface area (TPSA) is 106 Å². The van der Waals surface area contributed by atoms with Crippen molar-refractivity contribution in [1.29, 1.82) is 0 Å². The maximum atomic E-state index is 12.3. The number of benzene rings is 1. The molecule has 0 saturated heterocycles. The van der Waals surface area contributed by atoms with E-state index in [1.165, 1.54) is 0 Å². The Balaban J connectivity index is 1.93. The maximum absolute atomic E-state index is 12.3. The summed E-state index contributed by atoms with van der Waals surface area (Å²) in [6, 6.07) is 9.11. The molecule has 2 heterocycles. The lowest BCUT2D eigenvalue weighted by molar-refractivity contribution is 0.268. The molecule has 0 amide bonds. The van der Waals surface area contributed by atoms with Gasteiger partial charge in [0, 0.05) is 11.3 Å². The van der Waals surface area contributed by atoms with Crippen LogP contribution in [0.25, 0.3) is 22.6 Å². The van der Waals surface area contributed by atoms with Crippen LogP contribution in [0.15, 0.2) is 35.1 Å². The fraction of sp³-hybridized carbons (Fsp3) is 0.333. The van der Waals surface area contributed by atoms with Gasteiger partial charge in [-0.2, -0.15) is 5.21 Å². The van der Waals surface area contributed by atoms with Gasteiger partial charge in [-0.1, -0.05) is 13.8 Å². The quantitative estimate of drug-likeness (QED) is 0.643. The Morgan fingerprint density at radius 2 is 1.77 bits per heavy atom. The van der Waals surface area contributed by atoms with Gasteiger partial charge in [0.05, 0.1) is 18.8 Å². The number of hydrogen-bond donors (Lipinski definition) is 2. The van der Waals surface area contributed by atoms with Gasteiger partial charge in [-0.3, -0.25) is 4.79 Å². The van der Waals surface area contributed by atoms with Crippen LogP contribution in [0.5, 0.6) is 11.5 Å². The van der Waals surface area contributed by atoms with Crippen molar-refractivity contribution in [3.05, 3.63) is 40.7 Å².